The first kappa shape index (κ1) is 33.8. The lowest BCUT2D eigenvalue weighted by Gasteiger charge is -2.37. The van der Waals surface area contributed by atoms with Crippen LogP contribution in [0.1, 0.15) is 68.7 Å². The first-order valence-electron chi connectivity index (χ1n) is 13.6. The summed E-state index contributed by atoms with van der Waals surface area (Å²) in [6.07, 6.45) is 0.555. The van der Waals surface area contributed by atoms with Crippen molar-refractivity contribution in [3.8, 4) is 0 Å². The van der Waals surface area contributed by atoms with Crippen molar-refractivity contribution in [3.63, 3.8) is 0 Å². The molecule has 0 spiro atoms. The number of rotatable bonds is 11. The average molecular weight is 553 g/mol. The van der Waals surface area contributed by atoms with Crippen molar-refractivity contribution < 1.29 is 28.8 Å². The van der Waals surface area contributed by atoms with E-state index < -0.39 is 59.6 Å². The minimum Gasteiger partial charge on any atom is -0.363 e. The zero-order valence-corrected chi connectivity index (χ0v) is 25.1. The lowest BCUT2D eigenvalue weighted by Crippen LogP contribution is -2.62. The van der Waals surface area contributed by atoms with Gasteiger partial charge in [-0.05, 0) is 43.4 Å². The van der Waals surface area contributed by atoms with E-state index in [1.807, 2.05) is 41.5 Å². The van der Waals surface area contributed by atoms with Gasteiger partial charge >= 0.3 is 6.03 Å². The lowest BCUT2D eigenvalue weighted by molar-refractivity contribution is -0.143. The summed E-state index contributed by atoms with van der Waals surface area (Å²) in [7, 11) is 1.67. The van der Waals surface area contributed by atoms with Gasteiger partial charge in [-0.15, -0.1) is 0 Å². The number of nitrogens with zero attached hydrogens (tertiary/aromatic N) is 2. The highest BCUT2D eigenvalue weighted by Gasteiger charge is 2.47. The van der Waals surface area contributed by atoms with Crippen molar-refractivity contribution in [2.24, 2.45) is 28.9 Å². The van der Waals surface area contributed by atoms with Crippen LogP contribution in [0.3, 0.4) is 0 Å². The third kappa shape index (κ3) is 8.93. The van der Waals surface area contributed by atoms with Crippen molar-refractivity contribution in [1.29, 1.82) is 0 Å². The Morgan fingerprint density at radius 1 is 0.974 bits per heavy atom. The second kappa shape index (κ2) is 13.7. The number of hydrogen-bond donors (Lipinski definition) is 4. The molecule has 1 heterocycles. The molecule has 0 aromatic carbocycles. The van der Waals surface area contributed by atoms with Gasteiger partial charge in [0.25, 0.3) is 5.91 Å². The number of carbonyl (C=O) groups excluding carboxylic acids is 6. The molecule has 0 aromatic rings. The molecule has 4 atom stereocenters. The van der Waals surface area contributed by atoms with Gasteiger partial charge in [0.2, 0.25) is 23.5 Å². The molecule has 0 radical (unpaired) electrons. The molecular formula is C27H48N6O6. The molecule has 0 saturated carbocycles. The standard InChI is InChI=1S/C27H48N6O6/c1-14(2)17-11-12-33(20(17)23(36)29-13-18(34)22(28)35)25(38)21(27(7,8)9)31-26(39)30-19(15(3)4)24(37)32(10)16(5)6/h14-17,19-21H,11-13H2,1-10H3,(H2,28,35)(H,29,36)(H2,30,31,39)/t17-,19+,20+,21-/m1/s1. The number of Topliss-reactive ketones (excluding diaryl/α,β-unsaturated/α-hetero) is 1. The summed E-state index contributed by atoms with van der Waals surface area (Å²) in [5.41, 5.74) is 4.25. The molecule has 0 unspecified atom stereocenters. The minimum absolute atomic E-state index is 0.0468. The molecule has 1 aliphatic rings. The molecule has 1 fully saturated rings. The third-order valence-corrected chi connectivity index (χ3v) is 7.28. The van der Waals surface area contributed by atoms with E-state index in [0.717, 1.165) is 0 Å². The lowest BCUT2D eigenvalue weighted by atomic mass is 9.84. The van der Waals surface area contributed by atoms with Crippen LogP contribution in [-0.2, 0) is 24.0 Å². The second-order valence-electron chi connectivity index (χ2n) is 12.4. The van der Waals surface area contributed by atoms with Crippen LogP contribution in [-0.4, -0.2) is 89.5 Å². The smallest absolute Gasteiger partial charge is 0.316 e. The molecule has 1 saturated heterocycles. The maximum Gasteiger partial charge on any atom is 0.316 e. The Morgan fingerprint density at radius 3 is 1.97 bits per heavy atom. The molecule has 1 rings (SSSR count). The van der Waals surface area contributed by atoms with E-state index >= 15 is 0 Å². The number of urea groups is 1. The van der Waals surface area contributed by atoms with Gasteiger partial charge in [0.15, 0.2) is 0 Å². The van der Waals surface area contributed by atoms with E-state index in [1.54, 1.807) is 32.7 Å². The zero-order chi connectivity index (χ0) is 30.4. The summed E-state index contributed by atoms with van der Waals surface area (Å²) in [6, 6.07) is -3.43. The van der Waals surface area contributed by atoms with Crippen LogP contribution in [0.15, 0.2) is 0 Å². The molecule has 39 heavy (non-hydrogen) atoms. The minimum atomic E-state index is -1.16. The van der Waals surface area contributed by atoms with Gasteiger partial charge in [0.1, 0.15) is 18.1 Å². The number of ketones is 1. The zero-order valence-electron chi connectivity index (χ0n) is 25.1. The summed E-state index contributed by atoms with van der Waals surface area (Å²) in [4.78, 5) is 78.9. The van der Waals surface area contributed by atoms with Crippen molar-refractivity contribution in [2.75, 3.05) is 20.1 Å². The van der Waals surface area contributed by atoms with Gasteiger partial charge in [-0.3, -0.25) is 24.0 Å². The fraction of sp³-hybridized carbons (Fsp3) is 0.778. The molecule has 1 aliphatic heterocycles. The summed E-state index contributed by atoms with van der Waals surface area (Å²) < 4.78 is 0. The third-order valence-electron chi connectivity index (χ3n) is 7.28. The number of likely N-dealkylation sites (N-methyl/N-ethyl adjacent to an activating group) is 1. The molecule has 222 valence electrons. The number of nitrogens with two attached hydrogens (primary N) is 1. The van der Waals surface area contributed by atoms with Crippen LogP contribution in [0, 0.1) is 23.2 Å². The fourth-order valence-electron chi connectivity index (χ4n) is 4.57. The largest absolute Gasteiger partial charge is 0.363 e. The van der Waals surface area contributed by atoms with Crippen LogP contribution in [0.5, 0.6) is 0 Å². The van der Waals surface area contributed by atoms with E-state index in [1.165, 1.54) is 4.90 Å². The number of hydrogen-bond acceptors (Lipinski definition) is 6. The van der Waals surface area contributed by atoms with E-state index in [0.29, 0.717) is 6.42 Å². The Morgan fingerprint density at radius 2 is 1.54 bits per heavy atom. The van der Waals surface area contributed by atoms with Crippen LogP contribution in [0.4, 0.5) is 4.79 Å². The van der Waals surface area contributed by atoms with Crippen molar-refractivity contribution in [3.05, 3.63) is 0 Å². The van der Waals surface area contributed by atoms with Crippen molar-refractivity contribution in [2.45, 2.75) is 92.9 Å². The van der Waals surface area contributed by atoms with E-state index in [2.05, 4.69) is 16.0 Å². The van der Waals surface area contributed by atoms with Crippen molar-refractivity contribution in [1.82, 2.24) is 25.8 Å². The average Bonchev–Trinajstić information content (AvgIpc) is 3.27. The normalized spacial score (nSPS) is 19.1. The molecule has 5 N–H and O–H groups in total. The summed E-state index contributed by atoms with van der Waals surface area (Å²) in [5, 5.41) is 7.92. The Hall–Kier alpha value is -3.18. The van der Waals surface area contributed by atoms with Gasteiger partial charge in [0, 0.05) is 19.6 Å². The number of likely N-dealkylation sites (tertiary alicyclic amines) is 1. The van der Waals surface area contributed by atoms with Crippen LogP contribution < -0.4 is 21.7 Å². The summed E-state index contributed by atoms with van der Waals surface area (Å²) in [5.74, 6) is -3.70. The fourth-order valence-corrected chi connectivity index (χ4v) is 4.57. The highest BCUT2D eigenvalue weighted by atomic mass is 16.2. The van der Waals surface area contributed by atoms with Crippen LogP contribution in [0.25, 0.3) is 0 Å². The Labute approximate surface area is 232 Å². The number of primary amides is 1. The highest BCUT2D eigenvalue weighted by Crippen LogP contribution is 2.33. The van der Waals surface area contributed by atoms with Crippen LogP contribution >= 0.6 is 0 Å². The van der Waals surface area contributed by atoms with Gasteiger partial charge in [-0.2, -0.15) is 0 Å². The van der Waals surface area contributed by atoms with E-state index in [-0.39, 0.29) is 36.2 Å². The monoisotopic (exact) mass is 552 g/mol. The molecule has 0 bridgehead atoms. The van der Waals surface area contributed by atoms with Crippen LogP contribution in [0.2, 0.25) is 0 Å². The number of amides is 6. The topological polar surface area (TPSA) is 171 Å². The first-order valence-corrected chi connectivity index (χ1v) is 13.6. The molecule has 6 amide bonds. The highest BCUT2D eigenvalue weighted by molar-refractivity contribution is 6.36. The van der Waals surface area contributed by atoms with E-state index in [9.17, 15) is 28.8 Å². The summed E-state index contributed by atoms with van der Waals surface area (Å²) >= 11 is 0. The van der Waals surface area contributed by atoms with Gasteiger partial charge in [-0.25, -0.2) is 4.79 Å². The predicted molar refractivity (Wildman–Crippen MR) is 147 cm³/mol. The predicted octanol–water partition coefficient (Wildman–Crippen LogP) is 0.635. The van der Waals surface area contributed by atoms with Gasteiger partial charge < -0.3 is 31.5 Å². The molecule has 12 heteroatoms. The Balaban J connectivity index is 3.20. The Bertz CT molecular complexity index is 942. The molecule has 12 nitrogen and oxygen atoms in total. The van der Waals surface area contributed by atoms with Gasteiger partial charge in [0.05, 0.1) is 6.54 Å². The van der Waals surface area contributed by atoms with Gasteiger partial charge in [-0.1, -0.05) is 48.5 Å². The Kier molecular flexibility index (Phi) is 11.9. The summed E-state index contributed by atoms with van der Waals surface area (Å²) in [6.45, 7) is 16.4. The van der Waals surface area contributed by atoms with E-state index in [4.69, 9.17) is 5.73 Å². The first-order chi connectivity index (χ1) is 17.8. The van der Waals surface area contributed by atoms with Crippen molar-refractivity contribution >= 4 is 35.4 Å². The maximum absolute atomic E-state index is 13.9. The molecule has 0 aliphatic carbocycles. The second-order valence-corrected chi connectivity index (χ2v) is 12.4. The maximum atomic E-state index is 13.9. The molecular weight excluding hydrogens is 504 g/mol. The number of carbonyl (C=O) groups is 6. The SMILES string of the molecule is CC(C)[C@H](NC(=O)N[C@H](C(=O)N1CC[C@H](C(C)C)[C@H]1C(=O)NCC(=O)C(N)=O)C(C)(C)C)C(=O)N(C)C(C)C. The molecule has 0 aromatic heterocycles. The quantitative estimate of drug-likeness (QED) is 0.274. The number of nitrogens with one attached hydrogen (secondary N) is 3.